The van der Waals surface area contributed by atoms with Gasteiger partial charge in [-0.3, -0.25) is 0 Å². The molecule has 4 nitrogen and oxygen atoms in total. The van der Waals surface area contributed by atoms with Crippen molar-refractivity contribution >= 4 is 44.7 Å². The number of rotatable bonds is 9. The van der Waals surface area contributed by atoms with Crippen LogP contribution in [0, 0.1) is 0 Å². The monoisotopic (exact) mass is 450 g/mol. The minimum atomic E-state index is -3.25. The Hall–Kier alpha value is -1.35. The highest BCUT2D eigenvalue weighted by Crippen LogP contribution is 2.31. The molecule has 2 aromatic carbocycles. The molecule has 0 saturated heterocycles. The molecule has 0 fully saturated rings. The second-order valence-electron chi connectivity index (χ2n) is 6.50. The van der Waals surface area contributed by atoms with E-state index in [2.05, 4.69) is 48.3 Å². The predicted octanol–water partition coefficient (Wildman–Crippen LogP) is 5.52. The first-order valence-corrected chi connectivity index (χ1v) is 13.3. The van der Waals surface area contributed by atoms with Crippen molar-refractivity contribution in [2.45, 2.75) is 39.1 Å². The van der Waals surface area contributed by atoms with Crippen LogP contribution in [-0.4, -0.2) is 30.1 Å². The lowest BCUT2D eigenvalue weighted by Gasteiger charge is -2.06. The Labute approximate surface area is 179 Å². The van der Waals surface area contributed by atoms with E-state index in [0.29, 0.717) is 16.6 Å². The van der Waals surface area contributed by atoms with E-state index in [1.165, 1.54) is 34.2 Å². The van der Waals surface area contributed by atoms with E-state index in [-0.39, 0.29) is 5.75 Å². The van der Waals surface area contributed by atoms with Crippen LogP contribution in [0.25, 0.3) is 0 Å². The maximum atomic E-state index is 12.3. The lowest BCUT2D eigenvalue weighted by atomic mass is 10.0. The standard InChI is InChI=1S/C20H22N2O2S4/c1-15(2)17-10-8-16(9-11-17)14-26-20-22-21-19(27-20)25-12-13-28(23,24)18-6-4-3-5-7-18/h3-11,15H,12-14H2,1-2H3. The predicted molar refractivity (Wildman–Crippen MR) is 119 cm³/mol. The molecule has 0 amide bonds. The molecule has 0 unspecified atom stereocenters. The molecule has 3 rings (SSSR count). The van der Waals surface area contributed by atoms with E-state index < -0.39 is 9.84 Å². The fourth-order valence-electron chi connectivity index (χ4n) is 2.44. The van der Waals surface area contributed by atoms with Gasteiger partial charge in [0.1, 0.15) is 0 Å². The Morgan fingerprint density at radius 3 is 2.21 bits per heavy atom. The van der Waals surface area contributed by atoms with Crippen molar-refractivity contribution in [3.05, 3.63) is 65.7 Å². The number of hydrogen-bond acceptors (Lipinski definition) is 7. The highest BCUT2D eigenvalue weighted by Gasteiger charge is 2.14. The molecule has 0 aliphatic heterocycles. The Kier molecular flexibility index (Phi) is 7.56. The maximum absolute atomic E-state index is 12.3. The summed E-state index contributed by atoms with van der Waals surface area (Å²) in [6.45, 7) is 4.38. The molecule has 3 aromatic rings. The number of thioether (sulfide) groups is 2. The van der Waals surface area contributed by atoms with Gasteiger partial charge in [0.15, 0.2) is 18.5 Å². The van der Waals surface area contributed by atoms with E-state index in [9.17, 15) is 8.42 Å². The van der Waals surface area contributed by atoms with Crippen LogP contribution in [0.2, 0.25) is 0 Å². The highest BCUT2D eigenvalue weighted by molar-refractivity contribution is 8.03. The van der Waals surface area contributed by atoms with Gasteiger partial charge in [-0.1, -0.05) is 91.2 Å². The zero-order valence-corrected chi connectivity index (χ0v) is 19.0. The number of aromatic nitrogens is 2. The molecule has 8 heteroatoms. The third-order valence-electron chi connectivity index (χ3n) is 4.08. The van der Waals surface area contributed by atoms with E-state index in [0.717, 1.165) is 14.4 Å². The molecule has 0 bridgehead atoms. The van der Waals surface area contributed by atoms with Crippen LogP contribution in [0.4, 0.5) is 0 Å². The largest absolute Gasteiger partial charge is 0.224 e. The van der Waals surface area contributed by atoms with E-state index in [1.54, 1.807) is 36.0 Å². The first-order valence-electron chi connectivity index (χ1n) is 8.90. The van der Waals surface area contributed by atoms with Gasteiger partial charge >= 0.3 is 0 Å². The average Bonchev–Trinajstić information content (AvgIpc) is 3.15. The molecule has 0 spiro atoms. The SMILES string of the molecule is CC(C)c1ccc(CSc2nnc(SCCS(=O)(=O)c3ccccc3)s2)cc1. The van der Waals surface area contributed by atoms with Gasteiger partial charge in [-0.25, -0.2) is 8.42 Å². The molecule has 28 heavy (non-hydrogen) atoms. The van der Waals surface area contributed by atoms with Crippen LogP contribution in [-0.2, 0) is 15.6 Å². The Morgan fingerprint density at radius 2 is 1.57 bits per heavy atom. The lowest BCUT2D eigenvalue weighted by Crippen LogP contribution is -2.08. The second kappa shape index (κ2) is 9.91. The minimum Gasteiger partial charge on any atom is -0.224 e. The number of hydrogen-bond donors (Lipinski definition) is 0. The van der Waals surface area contributed by atoms with Crippen molar-refractivity contribution < 1.29 is 8.42 Å². The first kappa shape index (κ1) is 21.4. The van der Waals surface area contributed by atoms with Gasteiger partial charge in [0, 0.05) is 11.5 Å². The minimum absolute atomic E-state index is 0.0892. The van der Waals surface area contributed by atoms with Crippen molar-refractivity contribution in [1.82, 2.24) is 10.2 Å². The molecular weight excluding hydrogens is 429 g/mol. The number of nitrogens with zero attached hydrogens (tertiary/aromatic N) is 2. The molecule has 0 saturated carbocycles. The zero-order chi connectivity index (χ0) is 20.0. The highest BCUT2D eigenvalue weighted by atomic mass is 32.2. The Balaban J connectivity index is 1.48. The third-order valence-corrected chi connectivity index (χ3v) is 9.33. The van der Waals surface area contributed by atoms with Crippen LogP contribution < -0.4 is 0 Å². The fraction of sp³-hybridized carbons (Fsp3) is 0.300. The van der Waals surface area contributed by atoms with Gasteiger partial charge in [-0.15, -0.1) is 10.2 Å². The quantitative estimate of drug-likeness (QED) is 0.400. The molecule has 0 aliphatic carbocycles. The van der Waals surface area contributed by atoms with Gasteiger partial charge < -0.3 is 0 Å². The second-order valence-corrected chi connectivity index (χ2v) is 12.2. The molecule has 0 N–H and O–H groups in total. The molecule has 148 valence electrons. The summed E-state index contributed by atoms with van der Waals surface area (Å²) >= 11 is 4.62. The zero-order valence-electron chi connectivity index (χ0n) is 15.7. The normalized spacial score (nSPS) is 11.8. The van der Waals surface area contributed by atoms with Crippen molar-refractivity contribution in [3.8, 4) is 0 Å². The van der Waals surface area contributed by atoms with Crippen molar-refractivity contribution in [2.24, 2.45) is 0 Å². The summed E-state index contributed by atoms with van der Waals surface area (Å²) in [5.41, 5.74) is 2.60. The van der Waals surface area contributed by atoms with Crippen LogP contribution >= 0.6 is 34.9 Å². The topological polar surface area (TPSA) is 59.9 Å². The molecule has 0 radical (unpaired) electrons. The van der Waals surface area contributed by atoms with Crippen LogP contribution in [0.5, 0.6) is 0 Å². The summed E-state index contributed by atoms with van der Waals surface area (Å²) in [5.74, 6) is 1.94. The molecule has 0 aliphatic rings. The lowest BCUT2D eigenvalue weighted by molar-refractivity contribution is 0.597. The van der Waals surface area contributed by atoms with Crippen LogP contribution in [0.15, 0.2) is 68.2 Å². The van der Waals surface area contributed by atoms with Gasteiger partial charge in [0.2, 0.25) is 0 Å². The number of sulfone groups is 1. The molecular formula is C20H22N2O2S4. The third kappa shape index (κ3) is 6.07. The Bertz CT molecular complexity index is 985. The Morgan fingerprint density at radius 1 is 0.929 bits per heavy atom. The fourth-order valence-corrected chi connectivity index (χ4v) is 7.16. The summed E-state index contributed by atoms with van der Waals surface area (Å²) in [6, 6.07) is 17.2. The van der Waals surface area contributed by atoms with Gasteiger partial charge in [0.25, 0.3) is 0 Å². The number of benzene rings is 2. The summed E-state index contributed by atoms with van der Waals surface area (Å²) < 4.78 is 26.3. The van der Waals surface area contributed by atoms with E-state index in [1.807, 2.05) is 6.07 Å². The molecule has 0 atom stereocenters. The van der Waals surface area contributed by atoms with E-state index in [4.69, 9.17) is 0 Å². The van der Waals surface area contributed by atoms with Crippen LogP contribution in [0.3, 0.4) is 0 Å². The van der Waals surface area contributed by atoms with Crippen molar-refractivity contribution in [2.75, 3.05) is 11.5 Å². The van der Waals surface area contributed by atoms with Gasteiger partial charge in [-0.2, -0.15) is 0 Å². The summed E-state index contributed by atoms with van der Waals surface area (Å²) in [6.07, 6.45) is 0. The summed E-state index contributed by atoms with van der Waals surface area (Å²) in [4.78, 5) is 0.368. The van der Waals surface area contributed by atoms with Crippen molar-refractivity contribution in [3.63, 3.8) is 0 Å². The van der Waals surface area contributed by atoms with E-state index >= 15 is 0 Å². The van der Waals surface area contributed by atoms with Gasteiger partial charge in [0.05, 0.1) is 10.6 Å². The molecule has 1 heterocycles. The van der Waals surface area contributed by atoms with Gasteiger partial charge in [-0.05, 0) is 29.2 Å². The maximum Gasteiger partial charge on any atom is 0.179 e. The molecule has 1 aromatic heterocycles. The average molecular weight is 451 g/mol. The van der Waals surface area contributed by atoms with Crippen LogP contribution in [0.1, 0.15) is 30.9 Å². The smallest absolute Gasteiger partial charge is 0.179 e. The van der Waals surface area contributed by atoms with Crippen molar-refractivity contribution in [1.29, 1.82) is 0 Å². The summed E-state index contributed by atoms with van der Waals surface area (Å²) in [5, 5.41) is 8.39. The first-order chi connectivity index (χ1) is 13.4. The summed E-state index contributed by atoms with van der Waals surface area (Å²) in [7, 11) is -3.25.